The van der Waals surface area contributed by atoms with Crippen molar-refractivity contribution in [2.24, 2.45) is 0 Å². The van der Waals surface area contributed by atoms with E-state index < -0.39 is 15.6 Å². The normalized spacial score (nSPS) is 22.0. The third kappa shape index (κ3) is 4.95. The molecule has 0 aliphatic carbocycles. The second-order valence-electron chi connectivity index (χ2n) is 9.52. The summed E-state index contributed by atoms with van der Waals surface area (Å²) in [5.41, 5.74) is 2.26. The first-order chi connectivity index (χ1) is 16.0. The Kier molecular flexibility index (Phi) is 6.97. The number of piperidine rings is 2. The second-order valence-corrected chi connectivity index (χ2v) is 11.8. The van der Waals surface area contributed by atoms with Gasteiger partial charge in [0.2, 0.25) is 10.0 Å². The molecule has 1 aromatic rings. The van der Waals surface area contributed by atoms with Crippen LogP contribution >= 0.6 is 12.2 Å². The Morgan fingerprint density at radius 3 is 2.26 bits per heavy atom. The highest BCUT2D eigenvalue weighted by atomic mass is 32.2. The molecule has 8 nitrogen and oxygen atoms in total. The summed E-state index contributed by atoms with van der Waals surface area (Å²) in [6.45, 7) is 5.29. The molecule has 1 amide bonds. The number of aliphatic hydroxyl groups excluding tert-OH is 1. The number of nitrogens with one attached hydrogen (secondary N) is 1. The van der Waals surface area contributed by atoms with E-state index in [1.165, 1.54) is 9.71 Å². The topological polar surface area (TPSA) is 107 Å². The van der Waals surface area contributed by atoms with Gasteiger partial charge in [-0.05, 0) is 74.4 Å². The van der Waals surface area contributed by atoms with E-state index in [9.17, 15) is 23.1 Å². The molecular formula is C24H31N3O5S2. The molecule has 0 bridgehead atoms. The van der Waals surface area contributed by atoms with E-state index in [1.54, 1.807) is 23.1 Å². The molecule has 2 N–H and O–H groups in total. The first-order valence-corrected chi connectivity index (χ1v) is 13.5. The van der Waals surface area contributed by atoms with Crippen LogP contribution in [0.2, 0.25) is 0 Å². The SMILES string of the molecule is Cc1cc(C(=O)N2CCC(O)CC2)cc(C)c1/C=C/S(=O)(=O)N1CCC2(CC1)NC(=S)CC2=O. The van der Waals surface area contributed by atoms with Crippen molar-refractivity contribution in [3.8, 4) is 0 Å². The Balaban J connectivity index is 1.45. The number of Topliss-reactive ketones (excluding diaryl/α,β-unsaturated/α-hetero) is 1. The minimum absolute atomic E-state index is 0.0479. The fourth-order valence-electron chi connectivity index (χ4n) is 5.07. The van der Waals surface area contributed by atoms with Crippen molar-refractivity contribution in [1.82, 2.24) is 14.5 Å². The quantitative estimate of drug-likeness (QED) is 0.602. The largest absolute Gasteiger partial charge is 0.393 e. The molecule has 3 saturated heterocycles. The molecule has 0 radical (unpaired) electrons. The average molecular weight is 506 g/mol. The average Bonchev–Trinajstić information content (AvgIpc) is 3.05. The molecule has 1 spiro atoms. The van der Waals surface area contributed by atoms with Gasteiger partial charge in [0.05, 0.1) is 23.1 Å². The van der Waals surface area contributed by atoms with Gasteiger partial charge in [0.25, 0.3) is 5.91 Å². The summed E-state index contributed by atoms with van der Waals surface area (Å²) >= 11 is 5.13. The maximum atomic E-state index is 13.0. The highest BCUT2D eigenvalue weighted by Crippen LogP contribution is 2.31. The Hall–Kier alpha value is -2.14. The van der Waals surface area contributed by atoms with Crippen LogP contribution in [0.4, 0.5) is 0 Å². The van der Waals surface area contributed by atoms with E-state index >= 15 is 0 Å². The lowest BCUT2D eigenvalue weighted by atomic mass is 9.86. The number of thiocarbonyl (C=S) groups is 1. The number of rotatable bonds is 4. The van der Waals surface area contributed by atoms with Gasteiger partial charge in [-0.15, -0.1) is 0 Å². The summed E-state index contributed by atoms with van der Waals surface area (Å²) in [7, 11) is -3.66. The number of carbonyl (C=O) groups is 2. The van der Waals surface area contributed by atoms with Gasteiger partial charge in [-0.2, -0.15) is 4.31 Å². The predicted molar refractivity (Wildman–Crippen MR) is 134 cm³/mol. The minimum atomic E-state index is -3.66. The monoisotopic (exact) mass is 505 g/mol. The number of nitrogens with zero attached hydrogens (tertiary/aromatic N) is 2. The maximum absolute atomic E-state index is 13.0. The van der Waals surface area contributed by atoms with Crippen LogP contribution in [0.5, 0.6) is 0 Å². The van der Waals surface area contributed by atoms with Gasteiger partial charge in [-0.1, -0.05) is 12.2 Å². The summed E-state index contributed by atoms with van der Waals surface area (Å²) in [6.07, 6.45) is 3.44. The first kappa shape index (κ1) is 25.0. The molecule has 10 heteroatoms. The lowest BCUT2D eigenvalue weighted by Gasteiger charge is -2.37. The number of hydrogen-bond acceptors (Lipinski definition) is 6. The lowest BCUT2D eigenvalue weighted by Crippen LogP contribution is -2.55. The zero-order valence-corrected chi connectivity index (χ0v) is 21.2. The van der Waals surface area contributed by atoms with Crippen LogP contribution in [0, 0.1) is 13.8 Å². The molecule has 0 unspecified atom stereocenters. The number of likely N-dealkylation sites (tertiary alicyclic amines) is 1. The predicted octanol–water partition coefficient (Wildman–Crippen LogP) is 1.93. The molecule has 3 heterocycles. The van der Waals surface area contributed by atoms with Crippen LogP contribution in [0.15, 0.2) is 17.5 Å². The first-order valence-electron chi connectivity index (χ1n) is 11.6. The van der Waals surface area contributed by atoms with Gasteiger partial charge in [0.15, 0.2) is 5.78 Å². The molecule has 0 aromatic heterocycles. The number of ketones is 1. The number of aliphatic hydroxyl groups is 1. The van der Waals surface area contributed by atoms with E-state index in [0.717, 1.165) is 16.7 Å². The Morgan fingerprint density at radius 2 is 1.74 bits per heavy atom. The Labute approximate surface area is 206 Å². The fraction of sp³-hybridized carbons (Fsp3) is 0.542. The zero-order valence-electron chi connectivity index (χ0n) is 19.5. The molecule has 34 heavy (non-hydrogen) atoms. The van der Waals surface area contributed by atoms with E-state index in [1.807, 2.05) is 13.8 Å². The smallest absolute Gasteiger partial charge is 0.253 e. The standard InChI is InChI=1S/C24H31N3O5S2/c1-16-13-18(23(30)26-8-3-19(28)4-9-26)14-17(2)20(16)5-12-34(31,32)27-10-6-24(7-11-27)21(29)15-22(33)25-24/h5,12-14,19,28H,3-4,6-11,15H2,1-2H3,(H,25,33)/b12-5+. The number of sulfonamides is 1. The van der Waals surface area contributed by atoms with Crippen LogP contribution in [0.1, 0.15) is 59.2 Å². The molecule has 4 rings (SSSR count). The van der Waals surface area contributed by atoms with Gasteiger partial charge in [0.1, 0.15) is 0 Å². The fourth-order valence-corrected chi connectivity index (χ4v) is 6.57. The van der Waals surface area contributed by atoms with Crippen molar-refractivity contribution < 1.29 is 23.1 Å². The van der Waals surface area contributed by atoms with E-state index in [2.05, 4.69) is 5.32 Å². The molecule has 0 saturated carbocycles. The molecule has 3 aliphatic rings. The summed E-state index contributed by atoms with van der Waals surface area (Å²) in [6, 6.07) is 3.58. The number of aryl methyl sites for hydroxylation is 2. The minimum Gasteiger partial charge on any atom is -0.393 e. The van der Waals surface area contributed by atoms with Crippen molar-refractivity contribution in [3.63, 3.8) is 0 Å². The van der Waals surface area contributed by atoms with Gasteiger partial charge < -0.3 is 15.3 Å². The third-order valence-electron chi connectivity index (χ3n) is 7.17. The van der Waals surface area contributed by atoms with Gasteiger partial charge >= 0.3 is 0 Å². The zero-order chi connectivity index (χ0) is 24.7. The Bertz CT molecular complexity index is 1120. The third-order valence-corrected chi connectivity index (χ3v) is 8.98. The van der Waals surface area contributed by atoms with E-state index in [-0.39, 0.29) is 37.3 Å². The van der Waals surface area contributed by atoms with Gasteiger partial charge in [-0.25, -0.2) is 8.42 Å². The molecule has 0 atom stereocenters. The molecule has 3 aliphatic heterocycles. The van der Waals surface area contributed by atoms with Crippen molar-refractivity contribution in [2.75, 3.05) is 26.2 Å². The van der Waals surface area contributed by atoms with Crippen molar-refractivity contribution >= 4 is 45.0 Å². The van der Waals surface area contributed by atoms with Crippen molar-refractivity contribution in [3.05, 3.63) is 39.8 Å². The second kappa shape index (κ2) is 9.49. The van der Waals surface area contributed by atoms with Crippen LogP contribution < -0.4 is 5.32 Å². The van der Waals surface area contributed by atoms with Gasteiger partial charge in [-0.3, -0.25) is 9.59 Å². The van der Waals surface area contributed by atoms with E-state index in [4.69, 9.17) is 12.2 Å². The highest BCUT2D eigenvalue weighted by Gasteiger charge is 2.47. The summed E-state index contributed by atoms with van der Waals surface area (Å²) in [5, 5.41) is 14.0. The number of carbonyl (C=O) groups excluding carboxylic acids is 2. The van der Waals surface area contributed by atoms with Crippen molar-refractivity contribution in [1.29, 1.82) is 0 Å². The Morgan fingerprint density at radius 1 is 1.15 bits per heavy atom. The van der Waals surface area contributed by atoms with E-state index in [0.29, 0.717) is 49.3 Å². The number of benzene rings is 1. The summed E-state index contributed by atoms with van der Waals surface area (Å²) in [5.74, 6) is -0.0234. The van der Waals surface area contributed by atoms with Crippen molar-refractivity contribution in [2.45, 2.75) is 57.6 Å². The molecular weight excluding hydrogens is 474 g/mol. The summed E-state index contributed by atoms with van der Waals surface area (Å²) < 4.78 is 27.3. The van der Waals surface area contributed by atoms with Crippen LogP contribution in [0.25, 0.3) is 6.08 Å². The lowest BCUT2D eigenvalue weighted by molar-refractivity contribution is -0.123. The van der Waals surface area contributed by atoms with Crippen LogP contribution in [0.3, 0.4) is 0 Å². The highest BCUT2D eigenvalue weighted by molar-refractivity contribution is 7.92. The molecule has 184 valence electrons. The molecule has 3 fully saturated rings. The van der Waals surface area contributed by atoms with Crippen LogP contribution in [-0.4, -0.2) is 77.2 Å². The van der Waals surface area contributed by atoms with Gasteiger partial charge in [0, 0.05) is 37.2 Å². The maximum Gasteiger partial charge on any atom is 0.253 e. The summed E-state index contributed by atoms with van der Waals surface area (Å²) in [4.78, 5) is 27.5. The molecule has 1 aromatic carbocycles. The number of hydrogen-bond donors (Lipinski definition) is 2. The van der Waals surface area contributed by atoms with Crippen LogP contribution in [-0.2, 0) is 14.8 Å². The number of amides is 1.